The minimum absolute atomic E-state index is 0. The van der Waals surface area contributed by atoms with Crippen molar-refractivity contribution in [2.75, 3.05) is 41.0 Å². The van der Waals surface area contributed by atoms with Crippen LogP contribution in [0.15, 0.2) is 47.5 Å². The molecule has 0 radical (unpaired) electrons. The summed E-state index contributed by atoms with van der Waals surface area (Å²) in [6.45, 7) is 4.55. The van der Waals surface area contributed by atoms with E-state index in [4.69, 9.17) is 14.2 Å². The smallest absolute Gasteiger partial charge is 0.191 e. The van der Waals surface area contributed by atoms with Crippen LogP contribution < -0.4 is 20.1 Å². The van der Waals surface area contributed by atoms with E-state index in [0.29, 0.717) is 19.8 Å². The Kier molecular flexibility index (Phi) is 12.1. The summed E-state index contributed by atoms with van der Waals surface area (Å²) in [4.78, 5) is 4.30. The Bertz CT molecular complexity index is 769. The highest BCUT2D eigenvalue weighted by Gasteiger charge is 2.06. The highest BCUT2D eigenvalue weighted by molar-refractivity contribution is 14.0. The Morgan fingerprint density at radius 2 is 1.86 bits per heavy atom. The van der Waals surface area contributed by atoms with Crippen LogP contribution in [0.4, 0.5) is 0 Å². The van der Waals surface area contributed by atoms with Crippen molar-refractivity contribution in [2.45, 2.75) is 19.9 Å². The molecule has 7 heteroatoms. The molecule has 0 fully saturated rings. The third-order valence-electron chi connectivity index (χ3n) is 4.28. The van der Waals surface area contributed by atoms with E-state index < -0.39 is 0 Å². The summed E-state index contributed by atoms with van der Waals surface area (Å²) in [7, 11) is 5.12. The Labute approximate surface area is 191 Å². The minimum Gasteiger partial charge on any atom is -0.497 e. The lowest BCUT2D eigenvalue weighted by atomic mass is 10.1. The van der Waals surface area contributed by atoms with E-state index in [9.17, 15) is 0 Å². The van der Waals surface area contributed by atoms with E-state index in [1.165, 1.54) is 5.56 Å². The first-order valence-corrected chi connectivity index (χ1v) is 9.45. The number of hydrogen-bond acceptors (Lipinski definition) is 4. The van der Waals surface area contributed by atoms with Gasteiger partial charge >= 0.3 is 0 Å². The molecule has 0 spiro atoms. The van der Waals surface area contributed by atoms with Crippen LogP contribution in [0.3, 0.4) is 0 Å². The molecule has 160 valence electrons. The monoisotopic (exact) mass is 513 g/mol. The van der Waals surface area contributed by atoms with E-state index >= 15 is 0 Å². The molecule has 0 unspecified atom stereocenters. The van der Waals surface area contributed by atoms with E-state index in [1.807, 2.05) is 24.3 Å². The standard InChI is InChI=1S/C22H31N3O3.HI/c1-17-8-9-19(21(14-17)28-13-12-26-3)16-25-22(23-2)24-11-10-18-6-5-7-20(15-18)27-4;/h5-9,14-15H,10-13,16H2,1-4H3,(H2,23,24,25);1H. The summed E-state index contributed by atoms with van der Waals surface area (Å²) in [6, 6.07) is 14.3. The maximum absolute atomic E-state index is 5.85. The van der Waals surface area contributed by atoms with Gasteiger partial charge in [-0.1, -0.05) is 24.3 Å². The average molecular weight is 513 g/mol. The number of nitrogens with one attached hydrogen (secondary N) is 2. The number of hydrogen-bond donors (Lipinski definition) is 2. The van der Waals surface area contributed by atoms with Gasteiger partial charge in [0, 0.05) is 32.8 Å². The first-order valence-electron chi connectivity index (χ1n) is 9.45. The van der Waals surface area contributed by atoms with Crippen LogP contribution in [-0.2, 0) is 17.7 Å². The lowest BCUT2D eigenvalue weighted by Gasteiger charge is -2.15. The molecule has 2 aromatic rings. The Morgan fingerprint density at radius 1 is 1.03 bits per heavy atom. The molecule has 0 atom stereocenters. The van der Waals surface area contributed by atoms with Crippen molar-refractivity contribution in [3.05, 3.63) is 59.2 Å². The molecule has 0 saturated carbocycles. The normalized spacial score (nSPS) is 10.8. The number of benzene rings is 2. The molecule has 0 aromatic heterocycles. The second-order valence-corrected chi connectivity index (χ2v) is 6.41. The molecule has 0 aliphatic carbocycles. The van der Waals surface area contributed by atoms with Crippen molar-refractivity contribution < 1.29 is 14.2 Å². The van der Waals surface area contributed by atoms with Crippen LogP contribution in [-0.4, -0.2) is 47.0 Å². The van der Waals surface area contributed by atoms with Gasteiger partial charge in [-0.15, -0.1) is 24.0 Å². The summed E-state index contributed by atoms with van der Waals surface area (Å²) in [5.41, 5.74) is 3.46. The number of aryl methyl sites for hydroxylation is 1. The number of nitrogens with zero attached hydrogens (tertiary/aromatic N) is 1. The van der Waals surface area contributed by atoms with Gasteiger partial charge in [-0.25, -0.2) is 0 Å². The molecule has 0 aliphatic rings. The highest BCUT2D eigenvalue weighted by atomic mass is 127. The number of aliphatic imine (C=N–C) groups is 1. The predicted molar refractivity (Wildman–Crippen MR) is 129 cm³/mol. The van der Waals surface area contributed by atoms with Crippen LogP contribution in [0, 0.1) is 6.92 Å². The van der Waals surface area contributed by atoms with Gasteiger partial charge in [0.25, 0.3) is 0 Å². The van der Waals surface area contributed by atoms with Crippen molar-refractivity contribution in [1.82, 2.24) is 10.6 Å². The molecule has 29 heavy (non-hydrogen) atoms. The van der Waals surface area contributed by atoms with Crippen LogP contribution in [0.2, 0.25) is 0 Å². The van der Waals surface area contributed by atoms with Gasteiger partial charge in [0.2, 0.25) is 0 Å². The number of rotatable bonds is 10. The van der Waals surface area contributed by atoms with Gasteiger partial charge in [-0.2, -0.15) is 0 Å². The highest BCUT2D eigenvalue weighted by Crippen LogP contribution is 2.20. The largest absolute Gasteiger partial charge is 0.497 e. The molecule has 2 rings (SSSR count). The fourth-order valence-corrected chi connectivity index (χ4v) is 2.73. The van der Waals surface area contributed by atoms with Crippen molar-refractivity contribution in [3.8, 4) is 11.5 Å². The fraction of sp³-hybridized carbons (Fsp3) is 0.409. The van der Waals surface area contributed by atoms with Crippen LogP contribution in [0.1, 0.15) is 16.7 Å². The molecule has 0 aliphatic heterocycles. The Hall–Kier alpha value is -2.00. The molecule has 0 bridgehead atoms. The first-order chi connectivity index (χ1) is 13.7. The minimum atomic E-state index is 0. The average Bonchev–Trinajstić information content (AvgIpc) is 2.72. The number of halogens is 1. The fourth-order valence-electron chi connectivity index (χ4n) is 2.73. The SMILES string of the molecule is CN=C(NCCc1cccc(OC)c1)NCc1ccc(C)cc1OCCOC.I. The quantitative estimate of drug-likeness (QED) is 0.220. The topological polar surface area (TPSA) is 64.1 Å². The second kappa shape index (κ2) is 14.1. The van der Waals surface area contributed by atoms with Crippen molar-refractivity contribution >= 4 is 29.9 Å². The summed E-state index contributed by atoms with van der Waals surface area (Å²) in [5.74, 6) is 2.50. The van der Waals surface area contributed by atoms with Gasteiger partial charge in [0.15, 0.2) is 5.96 Å². The zero-order chi connectivity index (χ0) is 20.2. The van der Waals surface area contributed by atoms with Gasteiger partial charge < -0.3 is 24.8 Å². The maximum Gasteiger partial charge on any atom is 0.191 e. The Balaban J connectivity index is 0.00000420. The van der Waals surface area contributed by atoms with Gasteiger partial charge in [0.1, 0.15) is 18.1 Å². The third kappa shape index (κ3) is 8.91. The molecule has 0 amide bonds. The third-order valence-corrected chi connectivity index (χ3v) is 4.28. The number of methoxy groups -OCH3 is 2. The first kappa shape index (κ1) is 25.0. The van der Waals surface area contributed by atoms with E-state index in [-0.39, 0.29) is 24.0 Å². The predicted octanol–water partition coefficient (Wildman–Crippen LogP) is 3.55. The molecule has 0 saturated heterocycles. The van der Waals surface area contributed by atoms with Crippen molar-refractivity contribution in [1.29, 1.82) is 0 Å². The van der Waals surface area contributed by atoms with E-state index in [1.54, 1.807) is 21.3 Å². The second-order valence-electron chi connectivity index (χ2n) is 6.41. The summed E-state index contributed by atoms with van der Waals surface area (Å²) >= 11 is 0. The van der Waals surface area contributed by atoms with Crippen molar-refractivity contribution in [3.63, 3.8) is 0 Å². The molecule has 6 nitrogen and oxygen atoms in total. The lowest BCUT2D eigenvalue weighted by molar-refractivity contribution is 0.145. The molecule has 2 aromatic carbocycles. The zero-order valence-corrected chi connectivity index (χ0v) is 20.0. The molecule has 0 heterocycles. The maximum atomic E-state index is 5.85. The zero-order valence-electron chi connectivity index (χ0n) is 17.7. The number of ether oxygens (including phenoxy) is 3. The van der Waals surface area contributed by atoms with Gasteiger partial charge in [-0.3, -0.25) is 4.99 Å². The van der Waals surface area contributed by atoms with Crippen LogP contribution in [0.25, 0.3) is 0 Å². The lowest BCUT2D eigenvalue weighted by Crippen LogP contribution is -2.37. The van der Waals surface area contributed by atoms with E-state index in [0.717, 1.165) is 41.6 Å². The Morgan fingerprint density at radius 3 is 2.59 bits per heavy atom. The molecular formula is C22H32IN3O3. The van der Waals surface area contributed by atoms with Crippen LogP contribution in [0.5, 0.6) is 11.5 Å². The van der Waals surface area contributed by atoms with Gasteiger partial charge in [0.05, 0.1) is 13.7 Å². The summed E-state index contributed by atoms with van der Waals surface area (Å²) in [5, 5.41) is 6.69. The van der Waals surface area contributed by atoms with Gasteiger partial charge in [-0.05, 0) is 42.7 Å². The summed E-state index contributed by atoms with van der Waals surface area (Å²) < 4.78 is 16.2. The van der Waals surface area contributed by atoms with Crippen LogP contribution >= 0.6 is 24.0 Å². The molecular weight excluding hydrogens is 481 g/mol. The van der Waals surface area contributed by atoms with E-state index in [2.05, 4.69) is 40.7 Å². The molecule has 2 N–H and O–H groups in total. The van der Waals surface area contributed by atoms with Crippen molar-refractivity contribution in [2.24, 2.45) is 4.99 Å². The number of guanidine groups is 1. The summed E-state index contributed by atoms with van der Waals surface area (Å²) in [6.07, 6.45) is 0.883.